The first kappa shape index (κ1) is 11.4. The van der Waals surface area contributed by atoms with Crippen LogP contribution in [0.25, 0.3) is 0 Å². The van der Waals surface area contributed by atoms with Gasteiger partial charge in [-0.1, -0.05) is 6.08 Å². The molecule has 0 radical (unpaired) electrons. The van der Waals surface area contributed by atoms with Crippen molar-refractivity contribution in [2.45, 2.75) is 5.25 Å². The van der Waals surface area contributed by atoms with Crippen LogP contribution < -0.4 is 5.14 Å². The summed E-state index contributed by atoms with van der Waals surface area (Å²) in [5.41, 5.74) is -0.768. The lowest BCUT2D eigenvalue weighted by molar-refractivity contribution is -0.132. The first-order valence-corrected chi connectivity index (χ1v) is 5.37. The highest BCUT2D eigenvalue weighted by Crippen LogP contribution is 2.22. The molecule has 3 N–H and O–H groups in total. The number of carbonyl (C=O) groups excluding carboxylic acids is 1. The fourth-order valence-corrected chi connectivity index (χ4v) is 2.24. The number of carboxylic acids is 1. The highest BCUT2D eigenvalue weighted by molar-refractivity contribution is 7.90. The Balaban J connectivity index is 3.41. The van der Waals surface area contributed by atoms with Gasteiger partial charge in [0.15, 0.2) is 0 Å². The third-order valence-corrected chi connectivity index (χ3v) is 2.97. The number of hydrogen-bond acceptors (Lipinski definition) is 4. The van der Waals surface area contributed by atoms with Crippen LogP contribution in [0.2, 0.25) is 0 Å². The Morgan fingerprint density at radius 1 is 1.53 bits per heavy atom. The lowest BCUT2D eigenvalue weighted by Gasteiger charge is -2.16. The minimum atomic E-state index is -4.18. The topological polar surface area (TPSA) is 115 Å². The van der Waals surface area contributed by atoms with Gasteiger partial charge in [-0.05, 0) is 12.2 Å². The summed E-state index contributed by atoms with van der Waals surface area (Å²) in [6, 6.07) is 0. The third-order valence-electron chi connectivity index (χ3n) is 1.81. The molecule has 0 heterocycles. The Hall–Kier alpha value is -1.69. The predicted octanol–water partition coefficient (Wildman–Crippen LogP) is -1.02. The lowest BCUT2D eigenvalue weighted by Crippen LogP contribution is -2.35. The number of aliphatic carboxylic acids is 1. The van der Waals surface area contributed by atoms with E-state index in [4.69, 9.17) is 10.2 Å². The van der Waals surface area contributed by atoms with Gasteiger partial charge in [-0.3, -0.25) is 0 Å². The van der Waals surface area contributed by atoms with Crippen molar-refractivity contribution in [3.8, 4) is 0 Å². The zero-order valence-electron chi connectivity index (χ0n) is 7.38. The van der Waals surface area contributed by atoms with Crippen LogP contribution in [0.1, 0.15) is 0 Å². The van der Waals surface area contributed by atoms with E-state index < -0.39 is 26.8 Å². The highest BCUT2D eigenvalue weighted by Gasteiger charge is 2.34. The summed E-state index contributed by atoms with van der Waals surface area (Å²) in [5.74, 6) is -0.0769. The van der Waals surface area contributed by atoms with Crippen molar-refractivity contribution in [2.75, 3.05) is 0 Å². The first-order valence-electron chi connectivity index (χ1n) is 3.76. The molecule has 0 amide bonds. The summed E-state index contributed by atoms with van der Waals surface area (Å²) in [7, 11) is -4.18. The van der Waals surface area contributed by atoms with E-state index in [0.717, 1.165) is 12.2 Å². The molecule has 1 aliphatic rings. The molecule has 1 aliphatic carbocycles. The van der Waals surface area contributed by atoms with Gasteiger partial charge in [0.2, 0.25) is 10.0 Å². The standard InChI is InChI=1S/C8H7NO5S/c9-15(13,14)7-5(4-10)2-1-3-6(7)8(11)12/h1-3,7H,(H,11,12)(H2,9,13,14). The average Bonchev–Trinajstić information content (AvgIpc) is 2.15. The smallest absolute Gasteiger partial charge is 0.333 e. The van der Waals surface area contributed by atoms with E-state index >= 15 is 0 Å². The Labute approximate surface area is 85.4 Å². The molecule has 0 aromatic carbocycles. The summed E-state index contributed by atoms with van der Waals surface area (Å²) in [4.78, 5) is 21.1. The van der Waals surface area contributed by atoms with E-state index in [1.807, 2.05) is 0 Å². The monoisotopic (exact) mass is 229 g/mol. The molecule has 80 valence electrons. The lowest BCUT2D eigenvalue weighted by atomic mass is 10.0. The van der Waals surface area contributed by atoms with Gasteiger partial charge in [0.25, 0.3) is 0 Å². The summed E-state index contributed by atoms with van der Waals surface area (Å²) in [6.45, 7) is 0. The maximum Gasteiger partial charge on any atom is 0.333 e. The molecule has 0 aromatic heterocycles. The number of allylic oxidation sites excluding steroid dienone is 3. The van der Waals surface area contributed by atoms with Crippen LogP contribution in [-0.2, 0) is 19.6 Å². The van der Waals surface area contributed by atoms with E-state index in [1.165, 1.54) is 12.0 Å². The predicted molar refractivity (Wildman–Crippen MR) is 51.0 cm³/mol. The zero-order chi connectivity index (χ0) is 11.6. The molecular formula is C8H7NO5S. The second-order valence-electron chi connectivity index (χ2n) is 2.81. The van der Waals surface area contributed by atoms with E-state index in [-0.39, 0.29) is 5.57 Å². The molecule has 15 heavy (non-hydrogen) atoms. The molecule has 0 aromatic rings. The van der Waals surface area contributed by atoms with Crippen LogP contribution in [0, 0.1) is 0 Å². The van der Waals surface area contributed by atoms with E-state index in [9.17, 15) is 18.0 Å². The molecule has 1 atom stereocenters. The largest absolute Gasteiger partial charge is 0.478 e. The van der Waals surface area contributed by atoms with Crippen molar-refractivity contribution in [2.24, 2.45) is 5.14 Å². The molecule has 1 rings (SSSR count). The highest BCUT2D eigenvalue weighted by atomic mass is 32.2. The van der Waals surface area contributed by atoms with Crippen molar-refractivity contribution >= 4 is 21.9 Å². The number of nitrogens with two attached hydrogens (primary N) is 1. The fraction of sp³-hybridized carbons (Fsp3) is 0.125. The van der Waals surface area contributed by atoms with Gasteiger partial charge in [-0.2, -0.15) is 0 Å². The summed E-state index contributed by atoms with van der Waals surface area (Å²) in [6.07, 6.45) is 3.50. The van der Waals surface area contributed by atoms with Crippen LogP contribution >= 0.6 is 0 Å². The Kier molecular flexibility index (Phi) is 2.90. The van der Waals surface area contributed by atoms with Crippen LogP contribution in [0.15, 0.2) is 29.4 Å². The van der Waals surface area contributed by atoms with Gasteiger partial charge >= 0.3 is 5.97 Å². The molecule has 0 saturated heterocycles. The summed E-state index contributed by atoms with van der Waals surface area (Å²) >= 11 is 0. The van der Waals surface area contributed by atoms with Crippen LogP contribution in [0.4, 0.5) is 0 Å². The Morgan fingerprint density at radius 2 is 2.13 bits per heavy atom. The number of primary sulfonamides is 1. The molecule has 7 heteroatoms. The van der Waals surface area contributed by atoms with E-state index in [2.05, 4.69) is 0 Å². The van der Waals surface area contributed by atoms with E-state index in [1.54, 1.807) is 0 Å². The second-order valence-corrected chi connectivity index (χ2v) is 4.46. The normalized spacial score (nSPS) is 20.7. The van der Waals surface area contributed by atoms with Gasteiger partial charge in [0.1, 0.15) is 11.2 Å². The maximum absolute atomic E-state index is 11.1. The van der Waals surface area contributed by atoms with Gasteiger partial charge < -0.3 is 5.11 Å². The van der Waals surface area contributed by atoms with Crippen molar-refractivity contribution < 1.29 is 23.1 Å². The van der Waals surface area contributed by atoms with Crippen LogP contribution in [0.3, 0.4) is 0 Å². The molecule has 0 aliphatic heterocycles. The van der Waals surface area contributed by atoms with Crippen LogP contribution in [-0.4, -0.2) is 30.7 Å². The molecule has 0 fully saturated rings. The van der Waals surface area contributed by atoms with Crippen molar-refractivity contribution in [3.05, 3.63) is 29.4 Å². The van der Waals surface area contributed by atoms with Crippen molar-refractivity contribution in [3.63, 3.8) is 0 Å². The number of sulfonamides is 1. The SMILES string of the molecule is NS(=O)(=O)C1C(=C=O)C=CC=C1C(=O)O. The number of rotatable bonds is 2. The molecule has 0 spiro atoms. The minimum absolute atomic E-state index is 0.308. The van der Waals surface area contributed by atoms with E-state index in [0.29, 0.717) is 0 Å². The fourth-order valence-electron chi connectivity index (χ4n) is 1.22. The van der Waals surface area contributed by atoms with Crippen molar-refractivity contribution in [1.82, 2.24) is 0 Å². The van der Waals surface area contributed by atoms with Gasteiger partial charge in [-0.25, -0.2) is 23.1 Å². The average molecular weight is 229 g/mol. The number of carboxylic acid groups (broad SMARTS) is 1. The number of carbonyl (C=O) groups is 1. The number of hydrogen-bond donors (Lipinski definition) is 2. The molecule has 0 saturated carbocycles. The van der Waals surface area contributed by atoms with Gasteiger partial charge in [0, 0.05) is 0 Å². The quantitative estimate of drug-likeness (QED) is 0.588. The van der Waals surface area contributed by atoms with Gasteiger partial charge in [-0.15, -0.1) is 0 Å². The van der Waals surface area contributed by atoms with Crippen molar-refractivity contribution in [1.29, 1.82) is 0 Å². The third kappa shape index (κ3) is 2.21. The Morgan fingerprint density at radius 3 is 2.53 bits per heavy atom. The summed E-state index contributed by atoms with van der Waals surface area (Å²) < 4.78 is 22.2. The molecule has 0 bridgehead atoms. The first-order chi connectivity index (χ1) is 6.88. The molecule has 1 unspecified atom stereocenters. The van der Waals surface area contributed by atoms with Gasteiger partial charge in [0.05, 0.1) is 11.1 Å². The molecule has 6 nitrogen and oxygen atoms in total. The Bertz CT molecular complexity index is 507. The minimum Gasteiger partial charge on any atom is -0.478 e. The van der Waals surface area contributed by atoms with Crippen LogP contribution in [0.5, 0.6) is 0 Å². The summed E-state index contributed by atoms with van der Waals surface area (Å²) in [5, 5.41) is 11.9. The second kappa shape index (κ2) is 3.82. The molecular weight excluding hydrogens is 222 g/mol. The zero-order valence-corrected chi connectivity index (χ0v) is 8.19. The maximum atomic E-state index is 11.1.